The molecule has 0 saturated heterocycles. The number of rotatable bonds is 2. The molecule has 0 aliphatic heterocycles. The maximum Gasteiger partial charge on any atom is 0.0407 e. The van der Waals surface area contributed by atoms with Gasteiger partial charge in [-0.1, -0.05) is 11.6 Å². The fraction of sp³-hybridized carbons (Fsp3) is 0.333. The third-order valence-electron chi connectivity index (χ3n) is 1.74. The van der Waals surface area contributed by atoms with Gasteiger partial charge in [0, 0.05) is 24.3 Å². The molecule has 1 nitrogen and oxygen atoms in total. The van der Waals surface area contributed by atoms with Crippen molar-refractivity contribution in [3.8, 4) is 0 Å². The first-order valence-electron chi connectivity index (χ1n) is 3.70. The fourth-order valence-electron chi connectivity index (χ4n) is 0.878. The molecule has 1 rings (SSSR count). The molecule has 12 heavy (non-hydrogen) atoms. The predicted octanol–water partition coefficient (Wildman–Crippen LogP) is 3.22. The van der Waals surface area contributed by atoms with Crippen molar-refractivity contribution >= 4 is 29.7 Å². The van der Waals surface area contributed by atoms with Gasteiger partial charge in [0.25, 0.3) is 0 Å². The minimum atomic E-state index is 0. The fourth-order valence-corrected chi connectivity index (χ4v) is 1.00. The number of benzene rings is 1. The van der Waals surface area contributed by atoms with Crippen molar-refractivity contribution in [2.24, 2.45) is 0 Å². The summed E-state index contributed by atoms with van der Waals surface area (Å²) in [6.07, 6.45) is 0. The van der Waals surface area contributed by atoms with Gasteiger partial charge in [-0.05, 0) is 31.2 Å². The lowest BCUT2D eigenvalue weighted by atomic mass is 10.3. The van der Waals surface area contributed by atoms with Gasteiger partial charge in [-0.25, -0.2) is 0 Å². The SMILES string of the molecule is CCN(C)c1ccc(Cl)cc1.Cl. The molecule has 68 valence electrons. The van der Waals surface area contributed by atoms with Crippen molar-refractivity contribution in [3.63, 3.8) is 0 Å². The number of anilines is 1. The van der Waals surface area contributed by atoms with Crippen LogP contribution in [0.2, 0.25) is 5.02 Å². The van der Waals surface area contributed by atoms with Gasteiger partial charge >= 0.3 is 0 Å². The van der Waals surface area contributed by atoms with Gasteiger partial charge in [0.05, 0.1) is 0 Å². The third kappa shape index (κ3) is 2.92. The van der Waals surface area contributed by atoms with Crippen LogP contribution < -0.4 is 4.90 Å². The third-order valence-corrected chi connectivity index (χ3v) is 1.99. The molecule has 0 unspecified atom stereocenters. The minimum Gasteiger partial charge on any atom is -0.375 e. The molecule has 0 heterocycles. The van der Waals surface area contributed by atoms with E-state index in [0.29, 0.717) is 0 Å². The number of halogens is 2. The standard InChI is InChI=1S/C9H12ClN.ClH/c1-3-11(2)9-6-4-8(10)5-7-9;/h4-7H,3H2,1-2H3;1H. The van der Waals surface area contributed by atoms with Crippen LogP contribution in [0.4, 0.5) is 5.69 Å². The highest BCUT2D eigenvalue weighted by molar-refractivity contribution is 6.30. The van der Waals surface area contributed by atoms with Crippen LogP contribution in [0.15, 0.2) is 24.3 Å². The normalized spacial score (nSPS) is 8.92. The maximum atomic E-state index is 5.74. The molecule has 0 radical (unpaired) electrons. The molecule has 0 saturated carbocycles. The topological polar surface area (TPSA) is 3.24 Å². The monoisotopic (exact) mass is 205 g/mol. The lowest BCUT2D eigenvalue weighted by molar-refractivity contribution is 0.968. The Morgan fingerprint density at radius 3 is 2.17 bits per heavy atom. The highest BCUT2D eigenvalue weighted by Crippen LogP contribution is 2.15. The van der Waals surface area contributed by atoms with E-state index in [1.165, 1.54) is 5.69 Å². The first kappa shape index (κ1) is 11.6. The average molecular weight is 206 g/mol. The summed E-state index contributed by atoms with van der Waals surface area (Å²) in [5, 5.41) is 0.790. The Kier molecular flexibility index (Phi) is 5.11. The molecule has 0 aliphatic carbocycles. The van der Waals surface area contributed by atoms with Gasteiger partial charge in [0.1, 0.15) is 0 Å². The van der Waals surface area contributed by atoms with Crippen molar-refractivity contribution in [2.75, 3.05) is 18.5 Å². The largest absolute Gasteiger partial charge is 0.375 e. The van der Waals surface area contributed by atoms with E-state index < -0.39 is 0 Å². The molecule has 3 heteroatoms. The average Bonchev–Trinajstić information content (AvgIpc) is 2.05. The van der Waals surface area contributed by atoms with Gasteiger partial charge in [-0.3, -0.25) is 0 Å². The van der Waals surface area contributed by atoms with E-state index in [4.69, 9.17) is 11.6 Å². The molecule has 0 amide bonds. The van der Waals surface area contributed by atoms with Gasteiger partial charge in [-0.15, -0.1) is 12.4 Å². The summed E-state index contributed by atoms with van der Waals surface area (Å²) >= 11 is 5.74. The van der Waals surface area contributed by atoms with Crippen LogP contribution in [0.5, 0.6) is 0 Å². The van der Waals surface area contributed by atoms with Gasteiger partial charge in [0.15, 0.2) is 0 Å². The van der Waals surface area contributed by atoms with Gasteiger partial charge in [0.2, 0.25) is 0 Å². The molecule has 0 bridgehead atoms. The molecular weight excluding hydrogens is 193 g/mol. The van der Waals surface area contributed by atoms with Crippen LogP contribution in [0.25, 0.3) is 0 Å². The van der Waals surface area contributed by atoms with E-state index in [-0.39, 0.29) is 12.4 Å². The lowest BCUT2D eigenvalue weighted by Crippen LogP contribution is -2.15. The second-order valence-electron chi connectivity index (χ2n) is 2.49. The summed E-state index contributed by atoms with van der Waals surface area (Å²) in [7, 11) is 2.06. The maximum absolute atomic E-state index is 5.74. The summed E-state index contributed by atoms with van der Waals surface area (Å²) in [5.74, 6) is 0. The molecule has 0 N–H and O–H groups in total. The Morgan fingerprint density at radius 1 is 1.25 bits per heavy atom. The number of hydrogen-bond acceptors (Lipinski definition) is 1. The first-order chi connectivity index (χ1) is 5.24. The Morgan fingerprint density at radius 2 is 1.75 bits per heavy atom. The smallest absolute Gasteiger partial charge is 0.0407 e. The summed E-state index contributed by atoms with van der Waals surface area (Å²) in [5.41, 5.74) is 1.21. The van der Waals surface area contributed by atoms with E-state index in [1.54, 1.807) is 0 Å². The molecule has 0 fully saturated rings. The van der Waals surface area contributed by atoms with Crippen LogP contribution in [0.1, 0.15) is 6.92 Å². The molecule has 0 aliphatic rings. The molecule has 0 aromatic heterocycles. The van der Waals surface area contributed by atoms with Crippen molar-refractivity contribution in [3.05, 3.63) is 29.3 Å². The lowest BCUT2D eigenvalue weighted by Gasteiger charge is -2.16. The summed E-state index contributed by atoms with van der Waals surface area (Å²) in [6.45, 7) is 3.14. The van der Waals surface area contributed by atoms with E-state index in [1.807, 2.05) is 24.3 Å². The Bertz CT molecular complexity index is 220. The Hall–Kier alpha value is -0.400. The first-order valence-corrected chi connectivity index (χ1v) is 4.08. The zero-order valence-corrected chi connectivity index (χ0v) is 8.82. The minimum absolute atomic E-state index is 0. The van der Waals surface area contributed by atoms with Crippen LogP contribution in [-0.4, -0.2) is 13.6 Å². The number of hydrogen-bond donors (Lipinski definition) is 0. The zero-order valence-electron chi connectivity index (χ0n) is 7.25. The van der Waals surface area contributed by atoms with E-state index in [9.17, 15) is 0 Å². The van der Waals surface area contributed by atoms with Crippen LogP contribution in [-0.2, 0) is 0 Å². The van der Waals surface area contributed by atoms with Gasteiger partial charge in [-0.2, -0.15) is 0 Å². The second-order valence-corrected chi connectivity index (χ2v) is 2.93. The van der Waals surface area contributed by atoms with Crippen LogP contribution in [0, 0.1) is 0 Å². The van der Waals surface area contributed by atoms with Crippen LogP contribution in [0.3, 0.4) is 0 Å². The van der Waals surface area contributed by atoms with Crippen molar-refractivity contribution in [2.45, 2.75) is 6.92 Å². The van der Waals surface area contributed by atoms with E-state index >= 15 is 0 Å². The number of nitrogens with zero attached hydrogens (tertiary/aromatic N) is 1. The van der Waals surface area contributed by atoms with Crippen molar-refractivity contribution in [1.82, 2.24) is 0 Å². The van der Waals surface area contributed by atoms with Crippen molar-refractivity contribution < 1.29 is 0 Å². The predicted molar refractivity (Wildman–Crippen MR) is 57.6 cm³/mol. The molecule has 0 atom stereocenters. The summed E-state index contributed by atoms with van der Waals surface area (Å²) < 4.78 is 0. The van der Waals surface area contributed by atoms with Crippen molar-refractivity contribution in [1.29, 1.82) is 0 Å². The summed E-state index contributed by atoms with van der Waals surface area (Å²) in [4.78, 5) is 2.16. The van der Waals surface area contributed by atoms with Gasteiger partial charge < -0.3 is 4.90 Å². The Labute approximate surface area is 84.7 Å². The highest BCUT2D eigenvalue weighted by Gasteiger charge is 1.95. The molecule has 1 aromatic rings. The highest BCUT2D eigenvalue weighted by atomic mass is 35.5. The molecular formula is C9H13Cl2N. The zero-order chi connectivity index (χ0) is 8.27. The Balaban J connectivity index is 0.00000121. The summed E-state index contributed by atoms with van der Waals surface area (Å²) in [6, 6.07) is 7.85. The quantitative estimate of drug-likeness (QED) is 0.718. The molecule has 1 aromatic carbocycles. The van der Waals surface area contributed by atoms with E-state index in [0.717, 1.165) is 11.6 Å². The van der Waals surface area contributed by atoms with Crippen LogP contribution >= 0.6 is 24.0 Å². The second kappa shape index (κ2) is 5.28. The molecule has 0 spiro atoms. The van der Waals surface area contributed by atoms with E-state index in [2.05, 4.69) is 18.9 Å².